The van der Waals surface area contributed by atoms with Crippen molar-refractivity contribution in [3.05, 3.63) is 69.3 Å². The summed E-state index contributed by atoms with van der Waals surface area (Å²) in [6.07, 6.45) is 1.27. The highest BCUT2D eigenvalue weighted by molar-refractivity contribution is 5.96. The van der Waals surface area contributed by atoms with Gasteiger partial charge in [0.25, 0.3) is 11.6 Å². The number of amides is 1. The van der Waals surface area contributed by atoms with Crippen LogP contribution in [0, 0.1) is 10.1 Å². The number of methoxy groups -OCH3 is 1. The summed E-state index contributed by atoms with van der Waals surface area (Å²) in [7, 11) is 1.36. The lowest BCUT2D eigenvalue weighted by atomic mass is 10.1. The van der Waals surface area contributed by atoms with Gasteiger partial charge in [-0.25, -0.2) is 10.2 Å². The zero-order chi connectivity index (χ0) is 18.4. The molecule has 2 rings (SSSR count). The van der Waals surface area contributed by atoms with Crippen LogP contribution >= 0.6 is 0 Å². The number of rotatable bonds is 6. The average molecular weight is 343 g/mol. The number of carbonyl (C=O) groups is 2. The zero-order valence-electron chi connectivity index (χ0n) is 13.0. The highest BCUT2D eigenvalue weighted by atomic mass is 16.6. The van der Waals surface area contributed by atoms with E-state index in [-0.39, 0.29) is 22.6 Å². The minimum atomic E-state index is -1.15. The molecule has 0 saturated heterocycles. The van der Waals surface area contributed by atoms with Gasteiger partial charge >= 0.3 is 5.97 Å². The van der Waals surface area contributed by atoms with Crippen molar-refractivity contribution in [3.63, 3.8) is 0 Å². The molecule has 2 N–H and O–H groups in total. The molecule has 25 heavy (non-hydrogen) atoms. The summed E-state index contributed by atoms with van der Waals surface area (Å²) in [5.74, 6) is -1.50. The number of nitro groups is 1. The molecule has 0 bridgehead atoms. The van der Waals surface area contributed by atoms with Crippen LogP contribution in [0.25, 0.3) is 0 Å². The standard InChI is InChI=1S/C16H13N3O6/c1-25-14-7-2-10(8-13(14)16(21)22)9-17-18-15(20)11-3-5-12(6-4-11)19(23)24/h2-9H,1H3,(H,18,20)(H,21,22). The molecule has 0 aliphatic rings. The second-order valence-corrected chi connectivity index (χ2v) is 4.77. The molecule has 0 spiro atoms. The Balaban J connectivity index is 2.07. The molecule has 2 aromatic rings. The highest BCUT2D eigenvalue weighted by Crippen LogP contribution is 2.19. The Hall–Kier alpha value is -3.75. The number of nitrogens with zero attached hydrogens (tertiary/aromatic N) is 2. The van der Waals surface area contributed by atoms with Crippen LogP contribution in [0.2, 0.25) is 0 Å². The molecule has 128 valence electrons. The average Bonchev–Trinajstić information content (AvgIpc) is 2.61. The first-order valence-electron chi connectivity index (χ1n) is 6.91. The molecule has 9 heteroatoms. The van der Waals surface area contributed by atoms with Crippen molar-refractivity contribution in [2.75, 3.05) is 7.11 Å². The number of ether oxygens (including phenoxy) is 1. The number of aromatic carboxylic acids is 1. The van der Waals surface area contributed by atoms with Crippen LogP contribution in [-0.4, -0.2) is 35.2 Å². The number of carbonyl (C=O) groups excluding carboxylic acids is 1. The molecule has 0 heterocycles. The predicted molar refractivity (Wildman–Crippen MR) is 88.1 cm³/mol. The minimum absolute atomic E-state index is 0.0341. The van der Waals surface area contributed by atoms with E-state index in [1.807, 2.05) is 0 Å². The number of carboxylic acids is 1. The molecule has 0 aliphatic carbocycles. The molecule has 0 atom stereocenters. The molecule has 0 fully saturated rings. The zero-order valence-corrected chi connectivity index (χ0v) is 13.0. The van der Waals surface area contributed by atoms with E-state index in [0.29, 0.717) is 5.56 Å². The molecule has 0 aliphatic heterocycles. The first-order chi connectivity index (χ1) is 11.9. The van der Waals surface area contributed by atoms with E-state index in [0.717, 1.165) is 0 Å². The van der Waals surface area contributed by atoms with Crippen molar-refractivity contribution in [2.24, 2.45) is 5.10 Å². The molecular formula is C16H13N3O6. The van der Waals surface area contributed by atoms with E-state index in [2.05, 4.69) is 10.5 Å². The smallest absolute Gasteiger partial charge is 0.339 e. The van der Waals surface area contributed by atoms with Gasteiger partial charge in [0.15, 0.2) is 0 Å². The van der Waals surface area contributed by atoms with Gasteiger partial charge < -0.3 is 9.84 Å². The van der Waals surface area contributed by atoms with E-state index in [9.17, 15) is 19.7 Å². The Bertz CT molecular complexity index is 845. The SMILES string of the molecule is COc1ccc(C=NNC(=O)c2ccc([N+](=O)[O-])cc2)cc1C(=O)O. The Morgan fingerprint density at radius 2 is 1.92 bits per heavy atom. The normalized spacial score (nSPS) is 10.4. The molecular weight excluding hydrogens is 330 g/mol. The van der Waals surface area contributed by atoms with Gasteiger partial charge in [-0.3, -0.25) is 14.9 Å². The number of carboxylic acid groups (broad SMARTS) is 1. The molecule has 1 amide bonds. The van der Waals surface area contributed by atoms with Gasteiger partial charge in [-0.1, -0.05) is 0 Å². The highest BCUT2D eigenvalue weighted by Gasteiger charge is 2.11. The van der Waals surface area contributed by atoms with Crippen molar-refractivity contribution in [1.82, 2.24) is 5.43 Å². The van der Waals surface area contributed by atoms with Crippen molar-refractivity contribution in [1.29, 1.82) is 0 Å². The monoisotopic (exact) mass is 343 g/mol. The number of hydrogen-bond donors (Lipinski definition) is 2. The van der Waals surface area contributed by atoms with Gasteiger partial charge in [0.1, 0.15) is 11.3 Å². The summed E-state index contributed by atoms with van der Waals surface area (Å²) in [4.78, 5) is 33.0. The van der Waals surface area contributed by atoms with Crippen LogP contribution < -0.4 is 10.2 Å². The van der Waals surface area contributed by atoms with Gasteiger partial charge in [0, 0.05) is 17.7 Å². The molecule has 0 aromatic heterocycles. The lowest BCUT2D eigenvalue weighted by Crippen LogP contribution is -2.17. The maximum absolute atomic E-state index is 11.9. The number of non-ortho nitro benzene ring substituents is 1. The topological polar surface area (TPSA) is 131 Å². The van der Waals surface area contributed by atoms with E-state index >= 15 is 0 Å². The maximum Gasteiger partial charge on any atom is 0.339 e. The first-order valence-corrected chi connectivity index (χ1v) is 6.91. The van der Waals surface area contributed by atoms with Crippen LogP contribution in [0.5, 0.6) is 5.75 Å². The Kier molecular flexibility index (Phi) is 5.41. The third-order valence-corrected chi connectivity index (χ3v) is 3.17. The number of nitrogens with one attached hydrogen (secondary N) is 1. The first kappa shape index (κ1) is 17.6. The van der Waals surface area contributed by atoms with Crippen LogP contribution in [0.1, 0.15) is 26.3 Å². The summed E-state index contributed by atoms with van der Waals surface area (Å²) >= 11 is 0. The lowest BCUT2D eigenvalue weighted by molar-refractivity contribution is -0.384. The van der Waals surface area contributed by atoms with Crippen molar-refractivity contribution < 1.29 is 24.4 Å². The fourth-order valence-corrected chi connectivity index (χ4v) is 1.94. The van der Waals surface area contributed by atoms with Gasteiger partial charge in [-0.2, -0.15) is 5.10 Å². The number of hydrazone groups is 1. The number of hydrogen-bond acceptors (Lipinski definition) is 6. The maximum atomic E-state index is 11.9. The fourth-order valence-electron chi connectivity index (χ4n) is 1.94. The summed E-state index contributed by atoms with van der Waals surface area (Å²) in [5.41, 5.74) is 2.74. The lowest BCUT2D eigenvalue weighted by Gasteiger charge is -2.05. The third-order valence-electron chi connectivity index (χ3n) is 3.17. The minimum Gasteiger partial charge on any atom is -0.496 e. The third kappa shape index (κ3) is 4.38. The second-order valence-electron chi connectivity index (χ2n) is 4.77. The van der Waals surface area contributed by atoms with E-state index in [4.69, 9.17) is 9.84 Å². The van der Waals surface area contributed by atoms with Crippen LogP contribution in [0.15, 0.2) is 47.6 Å². The van der Waals surface area contributed by atoms with Gasteiger partial charge in [0.05, 0.1) is 18.2 Å². The van der Waals surface area contributed by atoms with Crippen molar-refractivity contribution in [3.8, 4) is 5.75 Å². The summed E-state index contributed by atoms with van der Waals surface area (Å²) in [6.45, 7) is 0. The van der Waals surface area contributed by atoms with Gasteiger partial charge in [-0.15, -0.1) is 0 Å². The largest absolute Gasteiger partial charge is 0.496 e. The Morgan fingerprint density at radius 1 is 1.24 bits per heavy atom. The van der Waals surface area contributed by atoms with Crippen LogP contribution in [0.3, 0.4) is 0 Å². The van der Waals surface area contributed by atoms with E-state index in [1.54, 1.807) is 6.07 Å². The van der Waals surface area contributed by atoms with Crippen LogP contribution in [0.4, 0.5) is 5.69 Å². The van der Waals surface area contributed by atoms with E-state index < -0.39 is 16.8 Å². The summed E-state index contributed by atoms with van der Waals surface area (Å²) in [6, 6.07) is 9.43. The quantitative estimate of drug-likeness (QED) is 0.469. The predicted octanol–water partition coefficient (Wildman–Crippen LogP) is 2.07. The van der Waals surface area contributed by atoms with Crippen molar-refractivity contribution >= 4 is 23.8 Å². The number of nitro benzene ring substituents is 1. The van der Waals surface area contributed by atoms with Crippen LogP contribution in [-0.2, 0) is 0 Å². The van der Waals surface area contributed by atoms with Crippen molar-refractivity contribution in [2.45, 2.75) is 0 Å². The van der Waals surface area contributed by atoms with Gasteiger partial charge in [0.2, 0.25) is 0 Å². The molecule has 0 unspecified atom stereocenters. The van der Waals surface area contributed by atoms with E-state index in [1.165, 1.54) is 49.7 Å². The fraction of sp³-hybridized carbons (Fsp3) is 0.0625. The molecule has 0 saturated carbocycles. The Labute approximate surface area is 141 Å². The van der Waals surface area contributed by atoms with Gasteiger partial charge in [-0.05, 0) is 35.9 Å². The summed E-state index contributed by atoms with van der Waals surface area (Å²) in [5, 5.41) is 23.4. The molecule has 9 nitrogen and oxygen atoms in total. The Morgan fingerprint density at radius 3 is 2.48 bits per heavy atom. The molecule has 0 radical (unpaired) electrons. The second kappa shape index (κ2) is 7.68. The number of benzene rings is 2. The summed E-state index contributed by atoms with van der Waals surface area (Å²) < 4.78 is 4.95. The molecule has 2 aromatic carbocycles.